The Labute approximate surface area is 259 Å². The normalized spacial score (nSPS) is 11.2. The summed E-state index contributed by atoms with van der Waals surface area (Å²) < 4.78 is 22.1. The fourth-order valence-electron chi connectivity index (χ4n) is 5.15. The van der Waals surface area contributed by atoms with Crippen LogP contribution in [0.25, 0.3) is 0 Å². The van der Waals surface area contributed by atoms with E-state index in [4.69, 9.17) is 18.9 Å². The third kappa shape index (κ3) is 26.1. The Hall–Kier alpha value is -1.59. The number of ether oxygens (including phenoxy) is 4. The number of carbonyl (C=O) groups excluding carboxylic acids is 1. The number of aryl methyl sites for hydroxylation is 1. The van der Waals surface area contributed by atoms with Gasteiger partial charge in [-0.15, -0.1) is 0 Å². The van der Waals surface area contributed by atoms with Crippen molar-refractivity contribution in [2.75, 3.05) is 39.6 Å². The molecule has 0 spiro atoms. The van der Waals surface area contributed by atoms with E-state index in [9.17, 15) is 4.79 Å². The molecule has 0 aliphatic rings. The van der Waals surface area contributed by atoms with E-state index in [-0.39, 0.29) is 5.97 Å². The molecule has 0 aromatic heterocycles. The zero-order valence-electron chi connectivity index (χ0n) is 27.6. The Kier molecular flexibility index (Phi) is 28.2. The number of hydrogen-bond acceptors (Lipinski definition) is 5. The first-order chi connectivity index (χ1) is 20.8. The van der Waals surface area contributed by atoms with E-state index in [2.05, 4.69) is 38.1 Å². The Morgan fingerprint density at radius 2 is 0.929 bits per heavy atom. The van der Waals surface area contributed by atoms with Crippen molar-refractivity contribution in [1.82, 2.24) is 0 Å². The molecular formula is C37H66O5. The molecule has 1 aromatic rings. The SMILES string of the molecule is CCCCCCCCCCCCCCCC(=O)OCCOCCOCCOc1ccc(CCCCCCCCC)cc1. The van der Waals surface area contributed by atoms with Crippen LogP contribution in [-0.4, -0.2) is 45.6 Å². The van der Waals surface area contributed by atoms with E-state index in [1.165, 1.54) is 121 Å². The maximum absolute atomic E-state index is 11.9. The highest BCUT2D eigenvalue weighted by atomic mass is 16.6. The van der Waals surface area contributed by atoms with Crippen LogP contribution in [0.1, 0.15) is 154 Å². The fourth-order valence-corrected chi connectivity index (χ4v) is 5.15. The number of benzene rings is 1. The quantitative estimate of drug-likeness (QED) is 0.0617. The molecule has 0 unspecified atom stereocenters. The predicted octanol–water partition coefficient (Wildman–Crippen LogP) is 10.4. The molecule has 5 heteroatoms. The standard InChI is InChI=1S/C37H66O5/c1-3-5-7-9-11-12-13-14-15-16-18-20-22-24-37(38)42-34-32-40-30-29-39-31-33-41-36-27-25-35(26-28-36)23-21-19-17-10-8-6-4-2/h25-28H,3-24,29-34H2,1-2H3. The molecule has 0 radical (unpaired) electrons. The summed E-state index contributed by atoms with van der Waals surface area (Å²) >= 11 is 0. The molecule has 1 aromatic carbocycles. The second-order valence-corrected chi connectivity index (χ2v) is 11.8. The molecule has 0 bridgehead atoms. The summed E-state index contributed by atoms with van der Waals surface area (Å²) in [6.45, 7) is 7.31. The number of rotatable bonds is 32. The van der Waals surface area contributed by atoms with Gasteiger partial charge in [-0.2, -0.15) is 0 Å². The van der Waals surface area contributed by atoms with Gasteiger partial charge in [-0.3, -0.25) is 4.79 Å². The van der Waals surface area contributed by atoms with E-state index in [0.29, 0.717) is 46.1 Å². The maximum atomic E-state index is 11.9. The van der Waals surface area contributed by atoms with Gasteiger partial charge in [-0.25, -0.2) is 0 Å². The smallest absolute Gasteiger partial charge is 0.305 e. The summed E-state index contributed by atoms with van der Waals surface area (Å²) in [5.74, 6) is 0.777. The first-order valence-electron chi connectivity index (χ1n) is 17.8. The van der Waals surface area contributed by atoms with Crippen LogP contribution in [0.5, 0.6) is 5.75 Å². The number of hydrogen-bond donors (Lipinski definition) is 0. The van der Waals surface area contributed by atoms with E-state index < -0.39 is 0 Å². The molecule has 42 heavy (non-hydrogen) atoms. The largest absolute Gasteiger partial charge is 0.491 e. The molecule has 0 amide bonds. The van der Waals surface area contributed by atoms with Crippen LogP contribution in [0, 0.1) is 0 Å². The summed E-state index contributed by atoms with van der Waals surface area (Å²) in [5, 5.41) is 0. The number of carbonyl (C=O) groups is 1. The van der Waals surface area contributed by atoms with Gasteiger partial charge < -0.3 is 18.9 Å². The van der Waals surface area contributed by atoms with Gasteiger partial charge in [0.25, 0.3) is 0 Å². The van der Waals surface area contributed by atoms with Crippen LogP contribution >= 0.6 is 0 Å². The summed E-state index contributed by atoms with van der Waals surface area (Å²) in [5.41, 5.74) is 1.38. The Bertz CT molecular complexity index is 690. The molecule has 0 saturated carbocycles. The van der Waals surface area contributed by atoms with Gasteiger partial charge in [0.2, 0.25) is 0 Å². The maximum Gasteiger partial charge on any atom is 0.305 e. The average molecular weight is 591 g/mol. The van der Waals surface area contributed by atoms with Gasteiger partial charge >= 0.3 is 5.97 Å². The van der Waals surface area contributed by atoms with Crippen LogP contribution < -0.4 is 4.74 Å². The van der Waals surface area contributed by atoms with Crippen molar-refractivity contribution in [1.29, 1.82) is 0 Å². The molecule has 1 rings (SSSR count). The van der Waals surface area contributed by atoms with Gasteiger partial charge in [0.15, 0.2) is 0 Å². The topological polar surface area (TPSA) is 54.0 Å². The van der Waals surface area contributed by atoms with Crippen molar-refractivity contribution in [2.45, 2.75) is 155 Å². The highest BCUT2D eigenvalue weighted by molar-refractivity contribution is 5.69. The van der Waals surface area contributed by atoms with Gasteiger partial charge in [0.05, 0.1) is 26.4 Å². The second-order valence-electron chi connectivity index (χ2n) is 11.8. The molecule has 0 heterocycles. The van der Waals surface area contributed by atoms with Crippen LogP contribution in [-0.2, 0) is 25.4 Å². The van der Waals surface area contributed by atoms with Gasteiger partial charge in [-0.05, 0) is 37.0 Å². The summed E-state index contributed by atoms with van der Waals surface area (Å²) in [6.07, 6.45) is 28.1. The highest BCUT2D eigenvalue weighted by Gasteiger charge is 2.03. The molecule has 5 nitrogen and oxygen atoms in total. The molecule has 0 aliphatic heterocycles. The lowest BCUT2D eigenvalue weighted by molar-refractivity contribution is -0.145. The minimum atomic E-state index is -0.110. The molecule has 0 atom stereocenters. The third-order valence-electron chi connectivity index (χ3n) is 7.84. The monoisotopic (exact) mass is 590 g/mol. The summed E-state index contributed by atoms with van der Waals surface area (Å²) in [6, 6.07) is 8.46. The van der Waals surface area contributed by atoms with Crippen molar-refractivity contribution in [3.05, 3.63) is 29.8 Å². The fraction of sp³-hybridized carbons (Fsp3) is 0.811. The van der Waals surface area contributed by atoms with Crippen molar-refractivity contribution in [3.63, 3.8) is 0 Å². The minimum absolute atomic E-state index is 0.110. The van der Waals surface area contributed by atoms with Gasteiger partial charge in [0, 0.05) is 6.42 Å². The second kappa shape index (κ2) is 30.9. The summed E-state index contributed by atoms with van der Waals surface area (Å²) in [7, 11) is 0. The zero-order chi connectivity index (χ0) is 30.2. The van der Waals surface area contributed by atoms with Gasteiger partial charge in [0.1, 0.15) is 19.0 Å². The molecule has 244 valence electrons. The highest BCUT2D eigenvalue weighted by Crippen LogP contribution is 2.16. The van der Waals surface area contributed by atoms with Gasteiger partial charge in [-0.1, -0.05) is 142 Å². The van der Waals surface area contributed by atoms with E-state index in [1.807, 2.05) is 0 Å². The van der Waals surface area contributed by atoms with Crippen LogP contribution in [0.2, 0.25) is 0 Å². The average Bonchev–Trinajstić information content (AvgIpc) is 3.00. The van der Waals surface area contributed by atoms with Crippen molar-refractivity contribution < 1.29 is 23.7 Å². The third-order valence-corrected chi connectivity index (χ3v) is 7.84. The lowest BCUT2D eigenvalue weighted by Crippen LogP contribution is -2.14. The van der Waals surface area contributed by atoms with Crippen molar-refractivity contribution in [3.8, 4) is 5.75 Å². The van der Waals surface area contributed by atoms with E-state index >= 15 is 0 Å². The van der Waals surface area contributed by atoms with E-state index in [1.54, 1.807) is 0 Å². The Balaban J connectivity index is 1.81. The molecule has 0 fully saturated rings. The Morgan fingerprint density at radius 1 is 0.500 bits per heavy atom. The van der Waals surface area contributed by atoms with Crippen LogP contribution in [0.3, 0.4) is 0 Å². The van der Waals surface area contributed by atoms with Crippen molar-refractivity contribution in [2.24, 2.45) is 0 Å². The van der Waals surface area contributed by atoms with Crippen LogP contribution in [0.15, 0.2) is 24.3 Å². The number of unbranched alkanes of at least 4 members (excludes halogenated alkanes) is 18. The van der Waals surface area contributed by atoms with E-state index in [0.717, 1.165) is 25.0 Å². The molecule has 0 aliphatic carbocycles. The zero-order valence-corrected chi connectivity index (χ0v) is 27.6. The lowest BCUT2D eigenvalue weighted by Gasteiger charge is -2.09. The first-order valence-corrected chi connectivity index (χ1v) is 17.8. The minimum Gasteiger partial charge on any atom is -0.491 e. The first kappa shape index (κ1) is 38.4. The Morgan fingerprint density at radius 3 is 1.45 bits per heavy atom. The molecule has 0 saturated heterocycles. The molecular weight excluding hydrogens is 524 g/mol. The molecule has 0 N–H and O–H groups in total. The predicted molar refractivity (Wildman–Crippen MR) is 177 cm³/mol. The van der Waals surface area contributed by atoms with Crippen LogP contribution in [0.4, 0.5) is 0 Å². The van der Waals surface area contributed by atoms with Crippen molar-refractivity contribution >= 4 is 5.97 Å². The summed E-state index contributed by atoms with van der Waals surface area (Å²) in [4.78, 5) is 11.9. The lowest BCUT2D eigenvalue weighted by atomic mass is 10.0. The number of esters is 1.